The molecule has 0 amide bonds. The highest BCUT2D eigenvalue weighted by molar-refractivity contribution is 6.05. The summed E-state index contributed by atoms with van der Waals surface area (Å²) in [5.74, 6) is 0.358. The highest BCUT2D eigenvalue weighted by atomic mass is 19.1. The molecule has 0 unspecified atom stereocenters. The molecule has 0 aliphatic heterocycles. The summed E-state index contributed by atoms with van der Waals surface area (Å²) in [6, 6.07) is 11.7. The highest BCUT2D eigenvalue weighted by Crippen LogP contribution is 2.36. The van der Waals surface area contributed by atoms with Gasteiger partial charge >= 0.3 is 5.97 Å². The zero-order chi connectivity index (χ0) is 19.6. The van der Waals surface area contributed by atoms with Crippen molar-refractivity contribution in [3.05, 3.63) is 65.2 Å². The van der Waals surface area contributed by atoms with Crippen LogP contribution in [-0.2, 0) is 16.8 Å². The third kappa shape index (κ3) is 3.97. The van der Waals surface area contributed by atoms with Gasteiger partial charge in [-0.15, -0.1) is 0 Å². The second-order valence-corrected chi connectivity index (χ2v) is 7.31. The second kappa shape index (κ2) is 7.43. The average Bonchev–Trinajstić information content (AvgIpc) is 3.00. The number of carbonyl (C=O) groups is 1. The summed E-state index contributed by atoms with van der Waals surface area (Å²) in [6.07, 6.45) is 0. The molecule has 27 heavy (non-hydrogen) atoms. The molecule has 0 aliphatic carbocycles. The number of hydrogen-bond acceptors (Lipinski definition) is 4. The number of halogens is 1. The smallest absolute Gasteiger partial charge is 0.342 e. The van der Waals surface area contributed by atoms with Crippen LogP contribution in [0.15, 0.2) is 46.9 Å². The van der Waals surface area contributed by atoms with Crippen LogP contribution in [0.25, 0.3) is 11.0 Å². The van der Waals surface area contributed by atoms with Crippen LogP contribution >= 0.6 is 0 Å². The molecule has 2 aromatic carbocycles. The van der Waals surface area contributed by atoms with Gasteiger partial charge in [-0.2, -0.15) is 0 Å². The standard InChI is InChI=1S/C22H23FO4/c1-5-25-21(24)19-16-12-15(26-13-14-8-6-7-9-17(14)23)10-11-18(16)27-20(19)22(2,3)4/h6-12H,5,13H2,1-4H3. The van der Waals surface area contributed by atoms with Gasteiger partial charge in [0.1, 0.15) is 35.1 Å². The van der Waals surface area contributed by atoms with Crippen molar-refractivity contribution in [2.45, 2.75) is 39.7 Å². The summed E-state index contributed by atoms with van der Waals surface area (Å²) >= 11 is 0. The minimum atomic E-state index is -0.424. The summed E-state index contributed by atoms with van der Waals surface area (Å²) in [5.41, 5.74) is 1.10. The van der Waals surface area contributed by atoms with E-state index in [0.717, 1.165) is 0 Å². The second-order valence-electron chi connectivity index (χ2n) is 7.31. The lowest BCUT2D eigenvalue weighted by atomic mass is 9.89. The van der Waals surface area contributed by atoms with Crippen molar-refractivity contribution < 1.29 is 23.1 Å². The van der Waals surface area contributed by atoms with Gasteiger partial charge in [0, 0.05) is 16.4 Å². The van der Waals surface area contributed by atoms with Crippen LogP contribution in [0.5, 0.6) is 5.75 Å². The first-order valence-corrected chi connectivity index (χ1v) is 8.91. The lowest BCUT2D eigenvalue weighted by molar-refractivity contribution is 0.0523. The van der Waals surface area contributed by atoms with Gasteiger partial charge in [0.05, 0.1) is 6.61 Å². The first-order valence-electron chi connectivity index (χ1n) is 8.91. The molecule has 0 saturated heterocycles. The molecule has 5 heteroatoms. The molecule has 0 radical (unpaired) electrons. The molecule has 0 fully saturated rings. The van der Waals surface area contributed by atoms with E-state index in [9.17, 15) is 9.18 Å². The predicted octanol–water partition coefficient (Wildman–Crippen LogP) is 5.63. The molecule has 142 valence electrons. The summed E-state index contributed by atoms with van der Waals surface area (Å²) in [4.78, 5) is 12.5. The molecule has 4 nitrogen and oxygen atoms in total. The van der Waals surface area contributed by atoms with Crippen LogP contribution in [0.2, 0.25) is 0 Å². The molecule has 3 rings (SSSR count). The van der Waals surface area contributed by atoms with E-state index in [4.69, 9.17) is 13.9 Å². The Kier molecular flexibility index (Phi) is 5.22. The molecular formula is C22H23FO4. The maximum Gasteiger partial charge on any atom is 0.342 e. The third-order valence-corrected chi connectivity index (χ3v) is 4.17. The zero-order valence-corrected chi connectivity index (χ0v) is 16.0. The first kappa shape index (κ1) is 19.0. The van der Waals surface area contributed by atoms with Crippen LogP contribution < -0.4 is 4.74 Å². The van der Waals surface area contributed by atoms with E-state index in [1.54, 1.807) is 43.3 Å². The molecule has 0 atom stereocenters. The highest BCUT2D eigenvalue weighted by Gasteiger charge is 2.30. The van der Waals surface area contributed by atoms with Crippen LogP contribution in [0.1, 0.15) is 49.4 Å². The Morgan fingerprint density at radius 2 is 1.89 bits per heavy atom. The van der Waals surface area contributed by atoms with Crippen LogP contribution in [0.3, 0.4) is 0 Å². The molecule has 0 aliphatic rings. The van der Waals surface area contributed by atoms with E-state index in [1.165, 1.54) is 6.07 Å². The van der Waals surface area contributed by atoms with Crippen molar-refractivity contribution in [3.63, 3.8) is 0 Å². The van der Waals surface area contributed by atoms with E-state index in [0.29, 0.717) is 33.6 Å². The Morgan fingerprint density at radius 1 is 1.15 bits per heavy atom. The molecule has 0 N–H and O–H groups in total. The van der Waals surface area contributed by atoms with Crippen molar-refractivity contribution >= 4 is 16.9 Å². The Balaban J connectivity index is 1.99. The van der Waals surface area contributed by atoms with Gasteiger partial charge in [0.15, 0.2) is 0 Å². The summed E-state index contributed by atoms with van der Waals surface area (Å²) in [5, 5.41) is 0.629. The number of rotatable bonds is 5. The Hall–Kier alpha value is -2.82. The number of esters is 1. The Labute approximate surface area is 157 Å². The fourth-order valence-corrected chi connectivity index (χ4v) is 2.88. The van der Waals surface area contributed by atoms with Crippen LogP contribution in [0, 0.1) is 5.82 Å². The molecule has 3 aromatic rings. The van der Waals surface area contributed by atoms with Crippen molar-refractivity contribution in [1.82, 2.24) is 0 Å². The number of ether oxygens (including phenoxy) is 2. The molecule has 1 heterocycles. The van der Waals surface area contributed by atoms with E-state index in [1.807, 2.05) is 20.8 Å². The van der Waals surface area contributed by atoms with Crippen LogP contribution in [-0.4, -0.2) is 12.6 Å². The summed E-state index contributed by atoms with van der Waals surface area (Å²) in [6.45, 7) is 8.06. The van der Waals surface area contributed by atoms with E-state index >= 15 is 0 Å². The largest absolute Gasteiger partial charge is 0.489 e. The average molecular weight is 370 g/mol. The van der Waals surface area contributed by atoms with Crippen LogP contribution in [0.4, 0.5) is 4.39 Å². The first-order chi connectivity index (χ1) is 12.8. The van der Waals surface area contributed by atoms with Gasteiger partial charge in [-0.05, 0) is 31.2 Å². The van der Waals surface area contributed by atoms with E-state index in [-0.39, 0.29) is 24.4 Å². The SMILES string of the molecule is CCOC(=O)c1c(C(C)(C)C)oc2ccc(OCc3ccccc3F)cc12. The third-order valence-electron chi connectivity index (χ3n) is 4.17. The van der Waals surface area contributed by atoms with Gasteiger partial charge < -0.3 is 13.9 Å². The summed E-state index contributed by atoms with van der Waals surface area (Å²) < 4.78 is 30.7. The number of benzene rings is 2. The molecule has 0 bridgehead atoms. The zero-order valence-electron chi connectivity index (χ0n) is 16.0. The van der Waals surface area contributed by atoms with Crippen molar-refractivity contribution in [2.75, 3.05) is 6.61 Å². The van der Waals surface area contributed by atoms with Gasteiger partial charge in [-0.3, -0.25) is 0 Å². The quantitative estimate of drug-likeness (QED) is 0.547. The summed E-state index contributed by atoms with van der Waals surface area (Å²) in [7, 11) is 0. The van der Waals surface area contributed by atoms with Gasteiger partial charge in [0.2, 0.25) is 0 Å². The maximum absolute atomic E-state index is 13.8. The monoisotopic (exact) mass is 370 g/mol. The van der Waals surface area contributed by atoms with Crippen molar-refractivity contribution in [1.29, 1.82) is 0 Å². The van der Waals surface area contributed by atoms with Gasteiger partial charge in [-0.1, -0.05) is 39.0 Å². The predicted molar refractivity (Wildman–Crippen MR) is 102 cm³/mol. The number of carbonyl (C=O) groups excluding carboxylic acids is 1. The van der Waals surface area contributed by atoms with E-state index in [2.05, 4.69) is 0 Å². The normalized spacial score (nSPS) is 11.6. The number of fused-ring (bicyclic) bond motifs is 1. The lowest BCUT2D eigenvalue weighted by Gasteiger charge is -2.16. The fraction of sp³-hybridized carbons (Fsp3) is 0.318. The van der Waals surface area contributed by atoms with Gasteiger partial charge in [-0.25, -0.2) is 9.18 Å². The molecule has 1 aromatic heterocycles. The lowest BCUT2D eigenvalue weighted by Crippen LogP contribution is -2.16. The number of furan rings is 1. The number of hydrogen-bond donors (Lipinski definition) is 0. The molecule has 0 saturated carbocycles. The van der Waals surface area contributed by atoms with E-state index < -0.39 is 5.97 Å². The van der Waals surface area contributed by atoms with Crippen molar-refractivity contribution in [3.8, 4) is 5.75 Å². The Morgan fingerprint density at radius 3 is 2.56 bits per heavy atom. The molecule has 0 spiro atoms. The van der Waals surface area contributed by atoms with Crippen molar-refractivity contribution in [2.24, 2.45) is 0 Å². The molecular weight excluding hydrogens is 347 g/mol. The van der Waals surface area contributed by atoms with Gasteiger partial charge in [0.25, 0.3) is 0 Å². The Bertz CT molecular complexity index is 966. The topological polar surface area (TPSA) is 48.7 Å². The maximum atomic E-state index is 13.8. The fourth-order valence-electron chi connectivity index (χ4n) is 2.88. The minimum absolute atomic E-state index is 0.0941. The minimum Gasteiger partial charge on any atom is -0.489 e.